The monoisotopic (exact) mass is 465 g/mol. The second-order valence-corrected chi connectivity index (χ2v) is 13.6. The molecular weight excluding hydrogens is 425 g/mol. The molecule has 0 aliphatic rings. The quantitative estimate of drug-likeness (QED) is 0.275. The number of hydrogen-bond acceptors (Lipinski definition) is 3. The first-order chi connectivity index (χ1) is 15.9. The second-order valence-electron chi connectivity index (χ2n) is 9.53. The fourth-order valence-corrected chi connectivity index (χ4v) is 8.92. The Hall–Kier alpha value is -2.03. The summed E-state index contributed by atoms with van der Waals surface area (Å²) in [6.45, 7) is 7.43. The molecule has 4 heteroatoms. The van der Waals surface area contributed by atoms with Gasteiger partial charge in [0, 0.05) is 0 Å². The van der Waals surface area contributed by atoms with Crippen molar-refractivity contribution in [2.45, 2.75) is 25.9 Å². The molecule has 3 nitrogen and oxygen atoms in total. The summed E-state index contributed by atoms with van der Waals surface area (Å²) >= 11 is 0. The SMILES string of the molecule is CN(C)CCOC(C)(C)CCOCC[PH](c1ccccc1)(c1ccccc1)c1ccccc1. The van der Waals surface area contributed by atoms with Crippen LogP contribution in [0.4, 0.5) is 0 Å². The van der Waals surface area contributed by atoms with Crippen LogP contribution in [0.25, 0.3) is 0 Å². The summed E-state index contributed by atoms with van der Waals surface area (Å²) in [6.07, 6.45) is 1.89. The van der Waals surface area contributed by atoms with Gasteiger partial charge in [0.1, 0.15) is 0 Å². The van der Waals surface area contributed by atoms with Crippen LogP contribution in [0.1, 0.15) is 20.3 Å². The molecular formula is C29H40NO2P. The van der Waals surface area contributed by atoms with Crippen LogP contribution in [0.15, 0.2) is 91.0 Å². The van der Waals surface area contributed by atoms with Gasteiger partial charge < -0.3 is 0 Å². The number of likely N-dealkylation sites (N-methyl/N-ethyl adjacent to an activating group) is 1. The zero-order chi connectivity index (χ0) is 23.6. The molecule has 0 spiro atoms. The average Bonchev–Trinajstić information content (AvgIpc) is 2.83. The van der Waals surface area contributed by atoms with E-state index in [1.807, 2.05) is 0 Å². The summed E-state index contributed by atoms with van der Waals surface area (Å²) in [4.78, 5) is 2.15. The number of nitrogens with zero attached hydrogens (tertiary/aromatic N) is 1. The molecule has 33 heavy (non-hydrogen) atoms. The molecule has 0 saturated heterocycles. The Morgan fingerprint density at radius 2 is 1.12 bits per heavy atom. The Kier molecular flexibility index (Phi) is 9.64. The normalized spacial score (nSPS) is 12.8. The van der Waals surface area contributed by atoms with Crippen molar-refractivity contribution >= 4 is 23.2 Å². The van der Waals surface area contributed by atoms with Crippen molar-refractivity contribution in [2.75, 3.05) is 46.6 Å². The van der Waals surface area contributed by atoms with Crippen LogP contribution >= 0.6 is 7.26 Å². The summed E-state index contributed by atoms with van der Waals surface area (Å²) in [7, 11) is 1.93. The van der Waals surface area contributed by atoms with Crippen LogP contribution in [0.5, 0.6) is 0 Å². The van der Waals surface area contributed by atoms with E-state index in [2.05, 4.69) is 124 Å². The van der Waals surface area contributed by atoms with Gasteiger partial charge in [0.15, 0.2) is 0 Å². The third-order valence-corrected chi connectivity index (χ3v) is 11.2. The molecule has 0 unspecified atom stereocenters. The van der Waals surface area contributed by atoms with Crippen molar-refractivity contribution in [1.82, 2.24) is 4.90 Å². The standard InChI is InChI=1S/C29H40NO2P/c1-29(2,32-23-21-30(3)4)20-22-31-24-25-33(26-14-8-5-9-15-26,27-16-10-6-11-17-27)28-18-12-7-13-19-28/h5-19,33H,20-25H2,1-4H3. The maximum absolute atomic E-state index is 6.26. The van der Waals surface area contributed by atoms with Gasteiger partial charge in [0.2, 0.25) is 0 Å². The van der Waals surface area contributed by atoms with E-state index in [1.54, 1.807) is 0 Å². The maximum atomic E-state index is 6.26. The van der Waals surface area contributed by atoms with Crippen molar-refractivity contribution in [3.8, 4) is 0 Å². The summed E-state index contributed by atoms with van der Waals surface area (Å²) in [5, 5.41) is 4.29. The van der Waals surface area contributed by atoms with E-state index in [4.69, 9.17) is 9.47 Å². The summed E-state index contributed by atoms with van der Waals surface area (Å²) in [6, 6.07) is 33.1. The fourth-order valence-electron chi connectivity index (χ4n) is 4.32. The first kappa shape index (κ1) is 25.6. The molecule has 0 aliphatic heterocycles. The topological polar surface area (TPSA) is 21.7 Å². The summed E-state index contributed by atoms with van der Waals surface area (Å²) in [5.41, 5.74) is -0.178. The van der Waals surface area contributed by atoms with E-state index < -0.39 is 7.26 Å². The van der Waals surface area contributed by atoms with Crippen molar-refractivity contribution < 1.29 is 9.47 Å². The molecule has 0 N–H and O–H groups in total. The van der Waals surface area contributed by atoms with Crippen molar-refractivity contribution in [3.63, 3.8) is 0 Å². The molecule has 0 bridgehead atoms. The predicted octanol–water partition coefficient (Wildman–Crippen LogP) is 4.48. The van der Waals surface area contributed by atoms with Gasteiger partial charge in [-0.25, -0.2) is 0 Å². The summed E-state index contributed by atoms with van der Waals surface area (Å²) < 4.78 is 12.3. The molecule has 0 aromatic heterocycles. The van der Waals surface area contributed by atoms with E-state index >= 15 is 0 Å². The minimum atomic E-state index is -2.22. The molecule has 0 fully saturated rings. The number of rotatable bonds is 13. The molecule has 0 amide bonds. The minimum absolute atomic E-state index is 0.178. The van der Waals surface area contributed by atoms with Crippen molar-refractivity contribution in [2.24, 2.45) is 0 Å². The van der Waals surface area contributed by atoms with E-state index in [1.165, 1.54) is 15.9 Å². The van der Waals surface area contributed by atoms with Gasteiger partial charge in [-0.05, 0) is 0 Å². The van der Waals surface area contributed by atoms with E-state index in [-0.39, 0.29) is 5.60 Å². The van der Waals surface area contributed by atoms with Gasteiger partial charge in [-0.3, -0.25) is 0 Å². The van der Waals surface area contributed by atoms with E-state index in [0.717, 1.165) is 32.3 Å². The number of benzene rings is 3. The molecule has 3 aromatic carbocycles. The predicted molar refractivity (Wildman–Crippen MR) is 145 cm³/mol. The Morgan fingerprint density at radius 3 is 1.55 bits per heavy atom. The molecule has 3 rings (SSSR count). The zero-order valence-electron chi connectivity index (χ0n) is 20.7. The first-order valence-corrected chi connectivity index (χ1v) is 14.2. The van der Waals surface area contributed by atoms with Gasteiger partial charge in [0.05, 0.1) is 0 Å². The van der Waals surface area contributed by atoms with Crippen molar-refractivity contribution in [1.29, 1.82) is 0 Å². The molecule has 178 valence electrons. The Bertz CT molecular complexity index is 833. The first-order valence-electron chi connectivity index (χ1n) is 12.0. The molecule has 0 saturated carbocycles. The van der Waals surface area contributed by atoms with Gasteiger partial charge in [-0.1, -0.05) is 0 Å². The Labute approximate surface area is 201 Å². The fraction of sp³-hybridized carbons (Fsp3) is 0.379. The number of hydrogen-bond donors (Lipinski definition) is 0. The summed E-state index contributed by atoms with van der Waals surface area (Å²) in [5.74, 6) is 0. The van der Waals surface area contributed by atoms with Gasteiger partial charge in [0.25, 0.3) is 0 Å². The molecule has 0 atom stereocenters. The zero-order valence-corrected chi connectivity index (χ0v) is 21.7. The van der Waals surface area contributed by atoms with Crippen LogP contribution in [-0.4, -0.2) is 57.1 Å². The Balaban J connectivity index is 1.75. The van der Waals surface area contributed by atoms with Crippen molar-refractivity contribution in [3.05, 3.63) is 91.0 Å². The van der Waals surface area contributed by atoms with Crippen LogP contribution in [0.3, 0.4) is 0 Å². The molecule has 0 aliphatic carbocycles. The second kappa shape index (κ2) is 12.4. The van der Waals surface area contributed by atoms with E-state index in [0.29, 0.717) is 6.61 Å². The van der Waals surface area contributed by atoms with Crippen LogP contribution in [0, 0.1) is 0 Å². The Morgan fingerprint density at radius 1 is 0.667 bits per heavy atom. The third-order valence-electron chi connectivity index (χ3n) is 6.30. The van der Waals surface area contributed by atoms with Gasteiger partial charge in [-0.15, -0.1) is 0 Å². The molecule has 3 aromatic rings. The van der Waals surface area contributed by atoms with Crippen LogP contribution < -0.4 is 15.9 Å². The molecule has 0 radical (unpaired) electrons. The van der Waals surface area contributed by atoms with Crippen LogP contribution in [0.2, 0.25) is 0 Å². The van der Waals surface area contributed by atoms with Crippen LogP contribution in [-0.2, 0) is 9.47 Å². The van der Waals surface area contributed by atoms with E-state index in [9.17, 15) is 0 Å². The van der Waals surface area contributed by atoms with Gasteiger partial charge >= 0.3 is 201 Å². The third kappa shape index (κ3) is 7.22. The van der Waals surface area contributed by atoms with Gasteiger partial charge in [-0.2, -0.15) is 0 Å². The average molecular weight is 466 g/mol. The number of ether oxygens (including phenoxy) is 2. The molecule has 0 heterocycles.